The Bertz CT molecular complexity index is 632. The Morgan fingerprint density at radius 2 is 2.10 bits per heavy atom. The van der Waals surface area contributed by atoms with Crippen molar-refractivity contribution in [3.05, 3.63) is 46.6 Å². The van der Waals surface area contributed by atoms with Gasteiger partial charge in [-0.3, -0.25) is 5.84 Å². The van der Waals surface area contributed by atoms with E-state index in [2.05, 4.69) is 17.6 Å². The molecule has 1 unspecified atom stereocenters. The Morgan fingerprint density at radius 1 is 1.20 bits per heavy atom. The lowest BCUT2D eigenvalue weighted by atomic mass is 10.0. The van der Waals surface area contributed by atoms with E-state index in [0.717, 1.165) is 22.9 Å². The summed E-state index contributed by atoms with van der Waals surface area (Å²) in [5.74, 6) is 5.59. The van der Waals surface area contributed by atoms with Gasteiger partial charge in [0.25, 0.3) is 0 Å². The molecule has 0 saturated heterocycles. The molecule has 1 atom stereocenters. The van der Waals surface area contributed by atoms with Gasteiger partial charge in [0.2, 0.25) is 0 Å². The van der Waals surface area contributed by atoms with Gasteiger partial charge < -0.3 is 0 Å². The van der Waals surface area contributed by atoms with Crippen LogP contribution in [0.3, 0.4) is 0 Å². The Balaban J connectivity index is 1.95. The summed E-state index contributed by atoms with van der Waals surface area (Å²) in [5, 5.41) is 0.958. The van der Waals surface area contributed by atoms with E-state index in [4.69, 9.17) is 5.84 Å². The molecule has 1 aromatic carbocycles. The van der Waals surface area contributed by atoms with Gasteiger partial charge in [-0.1, -0.05) is 18.1 Å². The van der Waals surface area contributed by atoms with Crippen molar-refractivity contribution in [3.8, 4) is 0 Å². The average molecular weight is 290 g/mol. The second kappa shape index (κ2) is 6.04. The minimum atomic E-state index is -0.187. The minimum Gasteiger partial charge on any atom is -0.271 e. The van der Waals surface area contributed by atoms with Gasteiger partial charge in [0.15, 0.2) is 0 Å². The van der Waals surface area contributed by atoms with Gasteiger partial charge in [-0.2, -0.15) is 0 Å². The number of nitrogens with two attached hydrogens (primary N) is 1. The molecule has 0 saturated carbocycles. The summed E-state index contributed by atoms with van der Waals surface area (Å²) in [5.41, 5.74) is 4.31. The summed E-state index contributed by atoms with van der Waals surface area (Å²) in [6, 6.07) is 7.06. The van der Waals surface area contributed by atoms with Crippen LogP contribution in [-0.2, 0) is 0 Å². The molecule has 2 nitrogen and oxygen atoms in total. The van der Waals surface area contributed by atoms with Gasteiger partial charge in [0, 0.05) is 9.58 Å². The molecule has 1 aromatic heterocycles. The highest BCUT2D eigenvalue weighted by atomic mass is 32.1. The number of fused-ring (bicyclic) bond motifs is 1. The summed E-state index contributed by atoms with van der Waals surface area (Å²) in [7, 11) is 0. The van der Waals surface area contributed by atoms with Crippen LogP contribution in [0, 0.1) is 5.82 Å². The van der Waals surface area contributed by atoms with Crippen molar-refractivity contribution in [2.45, 2.75) is 38.1 Å². The molecule has 0 aliphatic heterocycles. The summed E-state index contributed by atoms with van der Waals surface area (Å²) >= 11 is 1.69. The normalized spacial score (nSPS) is 17.8. The molecule has 4 heteroatoms. The highest BCUT2D eigenvalue weighted by molar-refractivity contribution is 7.19. The molecule has 106 valence electrons. The van der Waals surface area contributed by atoms with E-state index in [0.29, 0.717) is 0 Å². The lowest BCUT2D eigenvalue weighted by molar-refractivity contribution is 0.600. The average Bonchev–Trinajstić information content (AvgIpc) is 2.67. The lowest BCUT2D eigenvalue weighted by Gasteiger charge is -2.17. The highest BCUT2D eigenvalue weighted by Gasteiger charge is 2.18. The molecule has 3 rings (SSSR count). The van der Waals surface area contributed by atoms with Crippen LogP contribution in [0.5, 0.6) is 0 Å². The van der Waals surface area contributed by atoms with Crippen LogP contribution >= 0.6 is 11.3 Å². The van der Waals surface area contributed by atoms with E-state index < -0.39 is 0 Å². The molecule has 0 amide bonds. The number of thiophene rings is 1. The zero-order valence-electron chi connectivity index (χ0n) is 11.4. The maximum Gasteiger partial charge on any atom is 0.123 e. The largest absolute Gasteiger partial charge is 0.271 e. The number of rotatable bonds is 3. The fourth-order valence-corrected chi connectivity index (χ4v) is 4.00. The SMILES string of the molecule is NNC(C1=CCCCCC1)c1cc2cc(F)ccc2s1. The fourth-order valence-electron chi connectivity index (χ4n) is 2.85. The van der Waals surface area contributed by atoms with Crippen LogP contribution in [0.15, 0.2) is 35.9 Å². The third-order valence-electron chi connectivity index (χ3n) is 3.90. The number of hydrogen-bond donors (Lipinski definition) is 2. The van der Waals surface area contributed by atoms with Gasteiger partial charge in [-0.05, 0) is 55.3 Å². The Hall–Kier alpha value is -1.23. The molecule has 1 heterocycles. The number of hydrazine groups is 1. The van der Waals surface area contributed by atoms with Crippen molar-refractivity contribution in [1.29, 1.82) is 0 Å². The van der Waals surface area contributed by atoms with Crippen molar-refractivity contribution < 1.29 is 4.39 Å². The summed E-state index contributed by atoms with van der Waals surface area (Å²) in [6.07, 6.45) is 8.32. The number of nitrogens with one attached hydrogen (secondary N) is 1. The third kappa shape index (κ3) is 2.77. The summed E-state index contributed by atoms with van der Waals surface area (Å²) in [4.78, 5) is 1.17. The second-order valence-electron chi connectivity index (χ2n) is 5.31. The van der Waals surface area contributed by atoms with E-state index in [9.17, 15) is 4.39 Å². The molecule has 0 bridgehead atoms. The standard InChI is InChI=1S/C16H19FN2S/c17-13-7-8-14-12(9-13)10-15(20-14)16(19-18)11-5-3-1-2-4-6-11/h5,7-10,16,19H,1-4,6,18H2. The van der Waals surface area contributed by atoms with Crippen molar-refractivity contribution in [1.82, 2.24) is 5.43 Å². The lowest BCUT2D eigenvalue weighted by Crippen LogP contribution is -2.28. The first-order valence-electron chi connectivity index (χ1n) is 7.12. The third-order valence-corrected chi connectivity index (χ3v) is 5.08. The van der Waals surface area contributed by atoms with E-state index >= 15 is 0 Å². The monoisotopic (exact) mass is 290 g/mol. The molecular weight excluding hydrogens is 271 g/mol. The zero-order chi connectivity index (χ0) is 13.9. The van der Waals surface area contributed by atoms with Crippen LogP contribution in [0.1, 0.15) is 43.0 Å². The molecule has 0 spiro atoms. The molecule has 1 aliphatic carbocycles. The molecule has 0 radical (unpaired) electrons. The zero-order valence-corrected chi connectivity index (χ0v) is 12.2. The van der Waals surface area contributed by atoms with Gasteiger partial charge in [-0.15, -0.1) is 11.3 Å². The molecular formula is C16H19FN2S. The van der Waals surface area contributed by atoms with E-state index in [-0.39, 0.29) is 11.9 Å². The van der Waals surface area contributed by atoms with Crippen molar-refractivity contribution in [2.24, 2.45) is 5.84 Å². The van der Waals surface area contributed by atoms with Gasteiger partial charge in [-0.25, -0.2) is 9.82 Å². The van der Waals surface area contributed by atoms with E-state index in [1.54, 1.807) is 17.4 Å². The molecule has 1 aliphatic rings. The quantitative estimate of drug-likeness (QED) is 0.498. The first kappa shape index (κ1) is 13.7. The van der Waals surface area contributed by atoms with Crippen LogP contribution in [0.25, 0.3) is 10.1 Å². The minimum absolute atomic E-state index is 0.0635. The second-order valence-corrected chi connectivity index (χ2v) is 6.42. The number of hydrogen-bond acceptors (Lipinski definition) is 3. The molecule has 2 aromatic rings. The fraction of sp³-hybridized carbons (Fsp3) is 0.375. The predicted molar refractivity (Wildman–Crippen MR) is 83.0 cm³/mol. The Kier molecular flexibility index (Phi) is 4.15. The first-order chi connectivity index (χ1) is 9.78. The Labute approximate surface area is 122 Å². The molecule has 0 fully saturated rings. The summed E-state index contributed by atoms with van der Waals surface area (Å²) < 4.78 is 14.4. The van der Waals surface area contributed by atoms with Crippen molar-refractivity contribution in [2.75, 3.05) is 0 Å². The van der Waals surface area contributed by atoms with E-state index in [1.807, 2.05) is 6.07 Å². The number of allylic oxidation sites excluding steroid dienone is 1. The van der Waals surface area contributed by atoms with E-state index in [1.165, 1.54) is 35.8 Å². The van der Waals surface area contributed by atoms with Crippen LogP contribution in [-0.4, -0.2) is 0 Å². The van der Waals surface area contributed by atoms with Crippen LogP contribution in [0.2, 0.25) is 0 Å². The number of benzene rings is 1. The number of halogens is 1. The Morgan fingerprint density at radius 3 is 2.95 bits per heavy atom. The van der Waals surface area contributed by atoms with Gasteiger partial charge >= 0.3 is 0 Å². The maximum atomic E-state index is 13.3. The van der Waals surface area contributed by atoms with Crippen molar-refractivity contribution in [3.63, 3.8) is 0 Å². The van der Waals surface area contributed by atoms with Crippen molar-refractivity contribution >= 4 is 21.4 Å². The topological polar surface area (TPSA) is 38.0 Å². The maximum absolute atomic E-state index is 13.3. The molecule has 3 N–H and O–H groups in total. The highest BCUT2D eigenvalue weighted by Crippen LogP contribution is 2.35. The first-order valence-corrected chi connectivity index (χ1v) is 7.93. The predicted octanol–water partition coefficient (Wildman–Crippen LogP) is 4.44. The van der Waals surface area contributed by atoms with Gasteiger partial charge in [0.1, 0.15) is 5.82 Å². The summed E-state index contributed by atoms with van der Waals surface area (Å²) in [6.45, 7) is 0. The van der Waals surface area contributed by atoms with Crippen LogP contribution in [0.4, 0.5) is 4.39 Å². The molecule has 20 heavy (non-hydrogen) atoms. The van der Waals surface area contributed by atoms with Gasteiger partial charge in [0.05, 0.1) is 6.04 Å². The smallest absolute Gasteiger partial charge is 0.123 e. The van der Waals surface area contributed by atoms with Crippen LogP contribution < -0.4 is 11.3 Å².